The van der Waals surface area contributed by atoms with E-state index in [0.717, 1.165) is 0 Å². The summed E-state index contributed by atoms with van der Waals surface area (Å²) in [5, 5.41) is 18.2. The van der Waals surface area contributed by atoms with Gasteiger partial charge in [-0.1, -0.05) is 0 Å². The number of ketones is 1. The van der Waals surface area contributed by atoms with Crippen molar-refractivity contribution in [3.63, 3.8) is 0 Å². The highest BCUT2D eigenvalue weighted by molar-refractivity contribution is 7.47. The molecule has 8 N–H and O–H groups in total. The van der Waals surface area contributed by atoms with Crippen molar-refractivity contribution >= 4 is 29.3 Å². The van der Waals surface area contributed by atoms with E-state index in [4.69, 9.17) is 34.5 Å². The quantitative estimate of drug-likeness (QED) is 0.155. The summed E-state index contributed by atoms with van der Waals surface area (Å²) in [4.78, 5) is 63.5. The van der Waals surface area contributed by atoms with Crippen LogP contribution in [0.25, 0.3) is 0 Å². The highest BCUT2D eigenvalue weighted by atomic mass is 31.2. The maximum absolute atomic E-state index is 11.8. The smallest absolute Gasteiger partial charge is 0.394 e. The van der Waals surface area contributed by atoms with Crippen molar-refractivity contribution in [3.8, 4) is 0 Å². The number of hydrogen-bond acceptors (Lipinski definition) is 9. The average Bonchev–Trinajstić information content (AvgIpc) is 2.36. The topological polar surface area (TPSA) is 258 Å². The van der Waals surface area contributed by atoms with Gasteiger partial charge in [-0.05, 0) is 0 Å². The van der Waals surface area contributed by atoms with Gasteiger partial charge in [0.1, 0.15) is 18.8 Å². The third kappa shape index (κ3) is 10.7. The molecule has 0 aliphatic carbocycles. The van der Waals surface area contributed by atoms with Crippen molar-refractivity contribution in [1.82, 2.24) is 0 Å². The highest BCUT2D eigenvalue weighted by Gasteiger charge is 2.43. The largest absolute Gasteiger partial charge is 0.470 e. The highest BCUT2D eigenvalue weighted by Crippen LogP contribution is 2.44. The second-order valence-electron chi connectivity index (χ2n) is 4.06. The van der Waals surface area contributed by atoms with E-state index in [1.165, 1.54) is 0 Å². The first-order valence-corrected chi connectivity index (χ1v) is 10.1. The SMILES string of the molecule is O=C(COP(=O)(O)O)[C@H](OP(=O)(O)O)[C@@H](OP(=O)(O)O)[C@H](O)CO. The first-order chi connectivity index (χ1) is 10.6. The van der Waals surface area contributed by atoms with Crippen molar-refractivity contribution in [2.24, 2.45) is 0 Å². The standard InChI is InChI=1S/C6H15O15P3/c7-1-3(8)5(20-23(13,14)15)6(21-24(16,17)18)4(9)2-19-22(10,11)12/h3,5-8H,1-2H2,(H2,10,11,12)(H2,13,14,15)(H2,16,17,18)/t3-,5+,6+/m1/s1. The van der Waals surface area contributed by atoms with E-state index in [-0.39, 0.29) is 0 Å². The average molecular weight is 420 g/mol. The van der Waals surface area contributed by atoms with Crippen LogP contribution >= 0.6 is 23.5 Å². The summed E-state index contributed by atoms with van der Waals surface area (Å²) in [6.07, 6.45) is -7.42. The molecule has 0 fully saturated rings. The number of aliphatic hydroxyl groups excluding tert-OH is 2. The molecule has 0 aromatic carbocycles. The molecule has 0 saturated heterocycles. The third-order valence-electron chi connectivity index (χ3n) is 2.07. The van der Waals surface area contributed by atoms with Gasteiger partial charge >= 0.3 is 23.5 Å². The molecule has 24 heavy (non-hydrogen) atoms. The van der Waals surface area contributed by atoms with E-state index in [2.05, 4.69) is 13.6 Å². The number of rotatable bonds is 11. The van der Waals surface area contributed by atoms with Crippen molar-refractivity contribution in [2.45, 2.75) is 18.3 Å². The molecular weight excluding hydrogens is 405 g/mol. The van der Waals surface area contributed by atoms with Gasteiger partial charge in [-0.3, -0.25) is 18.4 Å². The molecule has 15 nitrogen and oxygen atoms in total. The van der Waals surface area contributed by atoms with Crippen LogP contribution in [0.15, 0.2) is 0 Å². The fraction of sp³-hybridized carbons (Fsp3) is 0.833. The lowest BCUT2D eigenvalue weighted by atomic mass is 10.1. The van der Waals surface area contributed by atoms with Crippen LogP contribution in [0.2, 0.25) is 0 Å². The van der Waals surface area contributed by atoms with Crippen LogP contribution in [0.1, 0.15) is 0 Å². The van der Waals surface area contributed by atoms with E-state index < -0.39 is 60.8 Å². The molecule has 144 valence electrons. The minimum Gasteiger partial charge on any atom is -0.394 e. The third-order valence-corrected chi connectivity index (χ3v) is 3.55. The second-order valence-corrected chi connectivity index (χ2v) is 7.68. The molecule has 0 bridgehead atoms. The van der Waals surface area contributed by atoms with Gasteiger partial charge in [0.15, 0.2) is 11.9 Å². The molecular formula is C6H15O15P3. The molecule has 0 heterocycles. The Morgan fingerprint density at radius 1 is 0.875 bits per heavy atom. The maximum atomic E-state index is 11.8. The molecule has 0 radical (unpaired) electrons. The summed E-state index contributed by atoms with van der Waals surface area (Å²) >= 11 is 0. The summed E-state index contributed by atoms with van der Waals surface area (Å²) in [6, 6.07) is 0. The zero-order valence-corrected chi connectivity index (χ0v) is 14.1. The number of phosphoric ester groups is 3. The lowest BCUT2D eigenvalue weighted by Crippen LogP contribution is -2.47. The minimum absolute atomic E-state index is 1.28. The zero-order chi connectivity index (χ0) is 19.3. The van der Waals surface area contributed by atoms with Crippen LogP contribution < -0.4 is 0 Å². The van der Waals surface area contributed by atoms with Crippen molar-refractivity contribution < 1.29 is 71.6 Å². The van der Waals surface area contributed by atoms with Crippen LogP contribution in [-0.2, 0) is 32.1 Å². The lowest BCUT2D eigenvalue weighted by molar-refractivity contribution is -0.140. The summed E-state index contributed by atoms with van der Waals surface area (Å²) in [6.45, 7) is -2.80. The fourth-order valence-electron chi connectivity index (χ4n) is 1.27. The van der Waals surface area contributed by atoms with Crippen molar-refractivity contribution in [3.05, 3.63) is 0 Å². The van der Waals surface area contributed by atoms with Gasteiger partial charge in [0, 0.05) is 0 Å². The number of aliphatic hydroxyl groups is 2. The van der Waals surface area contributed by atoms with E-state index in [0.29, 0.717) is 0 Å². The van der Waals surface area contributed by atoms with Gasteiger partial charge in [-0.15, -0.1) is 0 Å². The Bertz CT molecular complexity index is 556. The Hall–Kier alpha value is -0.0800. The van der Waals surface area contributed by atoms with Crippen LogP contribution in [0, 0.1) is 0 Å². The number of phosphoric acid groups is 3. The number of carbonyl (C=O) groups excluding carboxylic acids is 1. The number of carbonyl (C=O) groups is 1. The Labute approximate surface area is 133 Å². The fourth-order valence-corrected chi connectivity index (χ4v) is 2.67. The Balaban J connectivity index is 5.60. The Morgan fingerprint density at radius 2 is 1.33 bits per heavy atom. The first kappa shape index (κ1) is 23.9. The van der Waals surface area contributed by atoms with Gasteiger partial charge in [0.25, 0.3) is 0 Å². The van der Waals surface area contributed by atoms with E-state index in [1.807, 2.05) is 0 Å². The molecule has 0 aliphatic heterocycles. The van der Waals surface area contributed by atoms with Gasteiger partial charge in [-0.25, -0.2) is 13.7 Å². The molecule has 0 saturated carbocycles. The van der Waals surface area contributed by atoms with Gasteiger partial charge < -0.3 is 39.6 Å². The van der Waals surface area contributed by atoms with Crippen molar-refractivity contribution in [2.75, 3.05) is 13.2 Å². The summed E-state index contributed by atoms with van der Waals surface area (Å²) in [5.41, 5.74) is 0. The molecule has 0 rings (SSSR count). The van der Waals surface area contributed by atoms with Crippen LogP contribution in [0.4, 0.5) is 0 Å². The number of Topliss-reactive ketones (excluding diaryl/α,β-unsaturated/α-hetero) is 1. The Morgan fingerprint density at radius 3 is 1.67 bits per heavy atom. The molecule has 18 heteroatoms. The van der Waals surface area contributed by atoms with E-state index >= 15 is 0 Å². The normalized spacial score (nSPS) is 17.3. The molecule has 0 amide bonds. The molecule has 0 spiro atoms. The molecule has 3 atom stereocenters. The molecule has 0 aromatic heterocycles. The monoisotopic (exact) mass is 420 g/mol. The van der Waals surface area contributed by atoms with E-state index in [1.54, 1.807) is 0 Å². The predicted octanol–water partition coefficient (Wildman–Crippen LogP) is -3.03. The van der Waals surface area contributed by atoms with Crippen LogP contribution in [0.3, 0.4) is 0 Å². The lowest BCUT2D eigenvalue weighted by Gasteiger charge is -2.29. The summed E-state index contributed by atoms with van der Waals surface area (Å²) in [7, 11) is -16.1. The van der Waals surface area contributed by atoms with Crippen LogP contribution in [-0.4, -0.2) is 76.9 Å². The first-order valence-electron chi connectivity index (χ1n) is 5.55. The molecule has 0 unspecified atom stereocenters. The van der Waals surface area contributed by atoms with E-state index in [9.17, 15) is 23.6 Å². The van der Waals surface area contributed by atoms with Crippen molar-refractivity contribution in [1.29, 1.82) is 0 Å². The molecule has 0 aromatic rings. The minimum atomic E-state index is -5.51. The Kier molecular flexibility index (Phi) is 9.00. The predicted molar refractivity (Wildman–Crippen MR) is 69.9 cm³/mol. The maximum Gasteiger partial charge on any atom is 0.470 e. The zero-order valence-electron chi connectivity index (χ0n) is 11.4. The van der Waals surface area contributed by atoms with Gasteiger partial charge in [-0.2, -0.15) is 0 Å². The van der Waals surface area contributed by atoms with Gasteiger partial charge in [0.2, 0.25) is 0 Å². The molecule has 0 aliphatic rings. The second kappa shape index (κ2) is 9.03. The summed E-state index contributed by atoms with van der Waals surface area (Å²) < 4.78 is 43.9. The summed E-state index contributed by atoms with van der Waals surface area (Å²) in [5.74, 6) is -1.66. The number of hydrogen-bond donors (Lipinski definition) is 8. The van der Waals surface area contributed by atoms with Gasteiger partial charge in [0.05, 0.1) is 6.61 Å². The van der Waals surface area contributed by atoms with Crippen LogP contribution in [0.5, 0.6) is 0 Å².